The topological polar surface area (TPSA) is 49.6 Å². The number of carbonyl (C=O) groups is 1. The van der Waals surface area contributed by atoms with Crippen LogP contribution in [0.25, 0.3) is 0 Å². The lowest BCUT2D eigenvalue weighted by atomic mass is 9.80. The van der Waals surface area contributed by atoms with Crippen molar-refractivity contribution >= 4 is 5.91 Å². The number of nitrogens with zero attached hydrogens (tertiary/aromatic N) is 2. The van der Waals surface area contributed by atoms with Gasteiger partial charge in [-0.15, -0.1) is 0 Å². The predicted molar refractivity (Wildman–Crippen MR) is 84.6 cm³/mol. The van der Waals surface area contributed by atoms with E-state index in [0.717, 1.165) is 38.8 Å². The van der Waals surface area contributed by atoms with Gasteiger partial charge in [0.15, 0.2) is 0 Å². The van der Waals surface area contributed by atoms with Crippen molar-refractivity contribution < 1.29 is 4.79 Å². The fourth-order valence-corrected chi connectivity index (χ4v) is 3.26. The Morgan fingerprint density at radius 2 is 1.80 bits per heavy atom. The van der Waals surface area contributed by atoms with Gasteiger partial charge in [-0.2, -0.15) is 0 Å². The highest BCUT2D eigenvalue weighted by Gasteiger charge is 2.38. The maximum absolute atomic E-state index is 12.8. The van der Waals surface area contributed by atoms with E-state index < -0.39 is 0 Å². The number of nitrogens with two attached hydrogens (primary N) is 1. The molecule has 0 aromatic rings. The molecular weight excluding hydrogens is 250 g/mol. The van der Waals surface area contributed by atoms with Crippen molar-refractivity contribution in [3.05, 3.63) is 0 Å². The second-order valence-electron chi connectivity index (χ2n) is 6.47. The second kappa shape index (κ2) is 7.41. The second-order valence-corrected chi connectivity index (χ2v) is 6.47. The summed E-state index contributed by atoms with van der Waals surface area (Å²) in [5.74, 6) is 0.244. The molecule has 1 heterocycles. The van der Waals surface area contributed by atoms with Crippen molar-refractivity contribution in [1.82, 2.24) is 9.80 Å². The van der Waals surface area contributed by atoms with Crippen molar-refractivity contribution in [2.24, 2.45) is 11.1 Å². The molecular formula is C16H33N3O. The first-order chi connectivity index (χ1) is 9.41. The Kier molecular flexibility index (Phi) is 6.46. The number of hydrogen-bond donors (Lipinski definition) is 1. The van der Waals surface area contributed by atoms with E-state index in [2.05, 4.69) is 32.6 Å². The van der Waals surface area contributed by atoms with Gasteiger partial charge < -0.3 is 15.5 Å². The Morgan fingerprint density at radius 3 is 2.15 bits per heavy atom. The van der Waals surface area contributed by atoms with Crippen molar-refractivity contribution in [2.75, 3.05) is 26.7 Å². The highest BCUT2D eigenvalue weighted by atomic mass is 16.2. The van der Waals surface area contributed by atoms with E-state index in [-0.39, 0.29) is 11.3 Å². The van der Waals surface area contributed by atoms with Gasteiger partial charge in [-0.05, 0) is 39.5 Å². The molecule has 1 saturated heterocycles. The third-order valence-corrected chi connectivity index (χ3v) is 5.30. The molecule has 1 fully saturated rings. The summed E-state index contributed by atoms with van der Waals surface area (Å²) in [7, 11) is 1.97. The monoisotopic (exact) mass is 283 g/mol. The molecule has 0 aromatic carbocycles. The van der Waals surface area contributed by atoms with Crippen molar-refractivity contribution in [2.45, 2.75) is 65.5 Å². The number of piperidine rings is 1. The van der Waals surface area contributed by atoms with Crippen LogP contribution < -0.4 is 5.73 Å². The molecule has 0 aliphatic carbocycles. The lowest BCUT2D eigenvalue weighted by Crippen LogP contribution is -2.53. The molecule has 0 atom stereocenters. The predicted octanol–water partition coefficient (Wildman–Crippen LogP) is 2.08. The van der Waals surface area contributed by atoms with Gasteiger partial charge in [0.05, 0.1) is 5.41 Å². The van der Waals surface area contributed by atoms with E-state index in [1.54, 1.807) is 0 Å². The molecule has 1 aliphatic heterocycles. The first kappa shape index (κ1) is 17.4. The Labute approximate surface area is 124 Å². The molecule has 1 aliphatic rings. The maximum Gasteiger partial charge on any atom is 0.230 e. The Balaban J connectivity index is 2.66. The summed E-state index contributed by atoms with van der Waals surface area (Å²) < 4.78 is 0. The Hall–Kier alpha value is -0.610. The molecule has 0 bridgehead atoms. The van der Waals surface area contributed by atoms with E-state index in [1.807, 2.05) is 11.9 Å². The molecule has 0 saturated carbocycles. The van der Waals surface area contributed by atoms with Crippen molar-refractivity contribution in [3.63, 3.8) is 0 Å². The van der Waals surface area contributed by atoms with Gasteiger partial charge in [0, 0.05) is 38.8 Å². The normalized spacial score (nSPS) is 18.6. The molecule has 4 heteroatoms. The summed E-state index contributed by atoms with van der Waals surface area (Å²) in [6.07, 6.45) is 3.81. The number of carbonyl (C=O) groups excluding carboxylic acids is 1. The first-order valence-corrected chi connectivity index (χ1v) is 8.13. The number of likely N-dealkylation sites (tertiary alicyclic amines) is 1. The highest BCUT2D eigenvalue weighted by Crippen LogP contribution is 2.29. The summed E-state index contributed by atoms with van der Waals surface area (Å²) in [5.41, 5.74) is 5.55. The molecule has 4 nitrogen and oxygen atoms in total. The van der Waals surface area contributed by atoms with Gasteiger partial charge >= 0.3 is 0 Å². The summed E-state index contributed by atoms with van der Waals surface area (Å²) in [5, 5.41) is 0. The van der Waals surface area contributed by atoms with Crippen LogP contribution in [0.1, 0.15) is 53.4 Å². The summed E-state index contributed by atoms with van der Waals surface area (Å²) >= 11 is 0. The van der Waals surface area contributed by atoms with Crippen LogP contribution in [0.4, 0.5) is 0 Å². The van der Waals surface area contributed by atoms with Crippen LogP contribution >= 0.6 is 0 Å². The average Bonchev–Trinajstić information content (AvgIpc) is 2.48. The number of amides is 1. The van der Waals surface area contributed by atoms with E-state index in [4.69, 9.17) is 5.73 Å². The van der Waals surface area contributed by atoms with E-state index >= 15 is 0 Å². The molecule has 0 unspecified atom stereocenters. The minimum atomic E-state index is -0.357. The van der Waals surface area contributed by atoms with Crippen molar-refractivity contribution in [1.29, 1.82) is 0 Å². The molecule has 0 aromatic heterocycles. The molecule has 1 amide bonds. The SMILES string of the molecule is CCC(CC)(CN)C(=O)N(C)C1CCN(C(C)C)CC1. The smallest absolute Gasteiger partial charge is 0.230 e. The lowest BCUT2D eigenvalue weighted by molar-refractivity contribution is -0.144. The summed E-state index contributed by atoms with van der Waals surface area (Å²) in [6, 6.07) is 0.980. The van der Waals surface area contributed by atoms with Gasteiger partial charge in [-0.25, -0.2) is 0 Å². The van der Waals surface area contributed by atoms with Crippen LogP contribution in [0.2, 0.25) is 0 Å². The van der Waals surface area contributed by atoms with Crippen LogP contribution in [-0.2, 0) is 4.79 Å². The standard InChI is InChI=1S/C16H33N3O/c1-6-16(7-2,12-17)15(20)18(5)14-8-10-19(11-9-14)13(3)4/h13-14H,6-12,17H2,1-5H3. The van der Waals surface area contributed by atoms with Gasteiger partial charge in [-0.1, -0.05) is 13.8 Å². The number of rotatable bonds is 6. The lowest BCUT2D eigenvalue weighted by Gasteiger charge is -2.42. The molecule has 20 heavy (non-hydrogen) atoms. The molecule has 2 N–H and O–H groups in total. The van der Waals surface area contributed by atoms with Crippen LogP contribution in [0.15, 0.2) is 0 Å². The van der Waals surface area contributed by atoms with Crippen LogP contribution in [-0.4, -0.2) is 54.5 Å². The van der Waals surface area contributed by atoms with Gasteiger partial charge in [0.25, 0.3) is 0 Å². The summed E-state index contributed by atoms with van der Waals surface area (Å²) in [6.45, 7) is 11.3. The molecule has 118 valence electrons. The summed E-state index contributed by atoms with van der Waals surface area (Å²) in [4.78, 5) is 17.3. The fourth-order valence-electron chi connectivity index (χ4n) is 3.26. The van der Waals surface area contributed by atoms with Crippen LogP contribution in [0.5, 0.6) is 0 Å². The fraction of sp³-hybridized carbons (Fsp3) is 0.938. The van der Waals surface area contributed by atoms with Gasteiger partial charge in [0.1, 0.15) is 0 Å². The quantitative estimate of drug-likeness (QED) is 0.812. The minimum absolute atomic E-state index is 0.244. The third-order valence-electron chi connectivity index (χ3n) is 5.30. The third kappa shape index (κ3) is 3.53. The average molecular weight is 283 g/mol. The zero-order chi connectivity index (χ0) is 15.3. The van der Waals surface area contributed by atoms with E-state index in [0.29, 0.717) is 18.6 Å². The number of hydrogen-bond acceptors (Lipinski definition) is 3. The van der Waals surface area contributed by atoms with Gasteiger partial charge in [-0.3, -0.25) is 4.79 Å². The Morgan fingerprint density at radius 1 is 1.30 bits per heavy atom. The van der Waals surface area contributed by atoms with E-state index in [9.17, 15) is 4.79 Å². The Bertz CT molecular complexity index is 297. The highest BCUT2D eigenvalue weighted by molar-refractivity contribution is 5.83. The largest absolute Gasteiger partial charge is 0.342 e. The molecule has 0 spiro atoms. The minimum Gasteiger partial charge on any atom is -0.342 e. The van der Waals surface area contributed by atoms with Crippen LogP contribution in [0, 0.1) is 5.41 Å². The molecule has 0 radical (unpaired) electrons. The molecule has 1 rings (SSSR count). The van der Waals surface area contributed by atoms with Crippen molar-refractivity contribution in [3.8, 4) is 0 Å². The van der Waals surface area contributed by atoms with Crippen LogP contribution in [0.3, 0.4) is 0 Å². The first-order valence-electron chi connectivity index (χ1n) is 8.13. The zero-order valence-corrected chi connectivity index (χ0v) is 14.0. The zero-order valence-electron chi connectivity index (χ0n) is 14.0. The maximum atomic E-state index is 12.8. The van der Waals surface area contributed by atoms with Gasteiger partial charge in [0.2, 0.25) is 5.91 Å². The van der Waals surface area contributed by atoms with E-state index in [1.165, 1.54) is 0 Å².